The van der Waals surface area contributed by atoms with E-state index in [2.05, 4.69) is 57.5 Å². The Labute approximate surface area is 600 Å². The molecule has 0 aliphatic carbocycles. The topological polar surface area (TPSA) is 479 Å². The maximum Gasteiger partial charge on any atom is 0.243 e. The van der Waals surface area contributed by atoms with Crippen molar-refractivity contribution >= 4 is 96.6 Å². The number of hydrogen-bond donors (Lipinski definition) is 18. The van der Waals surface area contributed by atoms with Gasteiger partial charge in [-0.25, -0.2) is 0 Å². The monoisotopic (exact) mass is 1410 g/mol. The highest BCUT2D eigenvalue weighted by Crippen LogP contribution is 2.24. The van der Waals surface area contributed by atoms with Crippen molar-refractivity contribution in [1.29, 1.82) is 0 Å². The summed E-state index contributed by atoms with van der Waals surface area (Å²) in [6, 6.07) is 24.3. The molecule has 3 aromatic heterocycles. The second-order valence-corrected chi connectivity index (χ2v) is 26.5. The lowest BCUT2D eigenvalue weighted by molar-refractivity contribution is -0.136. The number of fused-ring (bicyclic) bond motifs is 4. The molecular weight excluding hydrogens is 1310 g/mol. The molecule has 0 aliphatic rings. The summed E-state index contributed by atoms with van der Waals surface area (Å²) in [4.78, 5) is 142. The van der Waals surface area contributed by atoms with Gasteiger partial charge in [0.1, 0.15) is 48.3 Å². The van der Waals surface area contributed by atoms with Gasteiger partial charge in [-0.05, 0) is 174 Å². The van der Waals surface area contributed by atoms with Gasteiger partial charge < -0.3 is 97.6 Å². The van der Waals surface area contributed by atoms with Gasteiger partial charge in [0.2, 0.25) is 53.2 Å². The molecule has 0 saturated carbocycles. The molecular formula is C76H104N18O9. The molecule has 0 radical (unpaired) electrons. The number of aromatic nitrogens is 3. The molecule has 8 rings (SSSR count). The Morgan fingerprint density at radius 1 is 0.311 bits per heavy atom. The summed E-state index contributed by atoms with van der Waals surface area (Å²) in [6.07, 6.45) is 10.6. The van der Waals surface area contributed by atoms with Crippen LogP contribution in [0.2, 0.25) is 0 Å². The van der Waals surface area contributed by atoms with Gasteiger partial charge in [0.25, 0.3) is 0 Å². The molecule has 0 spiro atoms. The molecule has 8 aromatic rings. The third-order valence-electron chi connectivity index (χ3n) is 18.7. The van der Waals surface area contributed by atoms with E-state index in [4.69, 9.17) is 40.1 Å². The molecule has 0 bridgehead atoms. The van der Waals surface area contributed by atoms with Crippen LogP contribution in [-0.4, -0.2) is 155 Å². The molecule has 552 valence electrons. The number of nitrogens with one attached hydrogen (secondary N) is 11. The maximum absolute atomic E-state index is 15.4. The van der Waals surface area contributed by atoms with Gasteiger partial charge in [-0.2, -0.15) is 0 Å². The van der Waals surface area contributed by atoms with E-state index in [9.17, 15) is 19.2 Å². The first-order valence-electron chi connectivity index (χ1n) is 36.0. The number of rotatable bonds is 45. The molecule has 27 nitrogen and oxygen atoms in total. The van der Waals surface area contributed by atoms with Crippen LogP contribution < -0.4 is 82.7 Å². The average molecular weight is 1410 g/mol. The van der Waals surface area contributed by atoms with Crippen LogP contribution in [-0.2, 0) is 68.8 Å². The van der Waals surface area contributed by atoms with Crippen LogP contribution in [0.1, 0.15) is 119 Å². The number of benzene rings is 5. The summed E-state index contributed by atoms with van der Waals surface area (Å²) in [6.45, 7) is 1.62. The predicted molar refractivity (Wildman–Crippen MR) is 401 cm³/mol. The number of amides is 9. The first kappa shape index (κ1) is 78.7. The summed E-state index contributed by atoms with van der Waals surface area (Å²) < 4.78 is 0. The second kappa shape index (κ2) is 40.6. The van der Waals surface area contributed by atoms with Gasteiger partial charge in [-0.3, -0.25) is 43.2 Å². The Morgan fingerprint density at radius 3 is 0.971 bits per heavy atom. The second-order valence-electron chi connectivity index (χ2n) is 26.5. The van der Waals surface area contributed by atoms with E-state index in [0.29, 0.717) is 113 Å². The number of nitrogens with two attached hydrogens (primary N) is 7. The Hall–Kier alpha value is -10.0. The van der Waals surface area contributed by atoms with Gasteiger partial charge in [0, 0.05) is 77.0 Å². The minimum Gasteiger partial charge on any atom is -0.368 e. The van der Waals surface area contributed by atoms with Crippen molar-refractivity contribution in [3.05, 3.63) is 156 Å². The fourth-order valence-corrected chi connectivity index (χ4v) is 12.9. The average Bonchev–Trinajstić information content (AvgIpc) is 1.75. The van der Waals surface area contributed by atoms with Crippen LogP contribution in [0.5, 0.6) is 0 Å². The largest absolute Gasteiger partial charge is 0.368 e. The number of hydrogen-bond acceptors (Lipinski definition) is 15. The van der Waals surface area contributed by atoms with Gasteiger partial charge in [-0.15, -0.1) is 0 Å². The first-order valence-corrected chi connectivity index (χ1v) is 36.0. The third-order valence-corrected chi connectivity index (χ3v) is 18.7. The molecule has 103 heavy (non-hydrogen) atoms. The highest BCUT2D eigenvalue weighted by Gasteiger charge is 2.36. The van der Waals surface area contributed by atoms with Gasteiger partial charge in [0.05, 0.1) is 6.04 Å². The zero-order valence-corrected chi connectivity index (χ0v) is 58.6. The van der Waals surface area contributed by atoms with Crippen molar-refractivity contribution in [3.8, 4) is 0 Å². The number of carbonyl (C=O) groups excluding carboxylic acids is 9. The summed E-state index contributed by atoms with van der Waals surface area (Å²) >= 11 is 0. The third kappa shape index (κ3) is 23.2. The molecule has 27 heteroatoms. The van der Waals surface area contributed by atoms with Crippen LogP contribution in [0, 0.1) is 0 Å². The summed E-state index contributed by atoms with van der Waals surface area (Å²) in [5.41, 5.74) is 46.5. The molecule has 3 heterocycles. The number of primary amides is 1. The highest BCUT2D eigenvalue weighted by atomic mass is 16.2. The quantitative estimate of drug-likeness (QED) is 0.0244. The number of carbonyl (C=O) groups is 9. The van der Waals surface area contributed by atoms with Crippen molar-refractivity contribution in [1.82, 2.24) is 57.5 Å². The summed E-state index contributed by atoms with van der Waals surface area (Å²) in [5, 5.41) is 27.2. The predicted octanol–water partition coefficient (Wildman–Crippen LogP) is 2.89. The van der Waals surface area contributed by atoms with Gasteiger partial charge in [-0.1, -0.05) is 103 Å². The molecule has 9 amide bonds. The normalized spacial score (nSPS) is 14.1. The fourth-order valence-electron chi connectivity index (χ4n) is 12.9. The lowest BCUT2D eigenvalue weighted by atomic mass is 9.99. The smallest absolute Gasteiger partial charge is 0.243 e. The van der Waals surface area contributed by atoms with Crippen LogP contribution in [0.25, 0.3) is 43.5 Å². The lowest BCUT2D eigenvalue weighted by Crippen LogP contribution is -2.61. The van der Waals surface area contributed by atoms with Gasteiger partial charge >= 0.3 is 0 Å². The van der Waals surface area contributed by atoms with E-state index in [0.717, 1.165) is 43.5 Å². The van der Waals surface area contributed by atoms with Crippen LogP contribution >= 0.6 is 0 Å². The zero-order valence-electron chi connectivity index (χ0n) is 58.6. The van der Waals surface area contributed by atoms with E-state index in [1.54, 1.807) is 18.6 Å². The van der Waals surface area contributed by atoms with Crippen molar-refractivity contribution in [2.24, 2.45) is 40.1 Å². The van der Waals surface area contributed by atoms with E-state index in [1.165, 1.54) is 0 Å². The Balaban J connectivity index is 1.10. The standard InChI is InChI=1S/C76H104N18O9/c77-34-14-9-24-56(82)69(96)88-61(29-11-16-36-79)71(98)92-66(42-51-45-85-58-26-7-4-22-54(51)58)75(102)91-64(40-47-32-33-48-19-1-2-20-49(48)39-47)73(100)90-62(30-12-17-37-80)70(97)89-63(31-13-18-38-81)72(99)93-67(43-52-46-86-59-27-8-5-23-55(52)59)76(103)94-65(41-50-44-84-57-25-6-3-21-53(50)57)74(101)87-60(68(83)95)28-10-15-35-78/h1-8,19-23,25-27,32-33,39,44-46,56,60-67,84-86H,9-18,24,28-31,34-38,40-43,77-82H2,(H2,83,95)(H,87,101)(H,88,96)(H,89,97)(H,90,100)(H,91,102)(H,92,98)(H,93,99)(H,94,103)/t56-,60-,61-,62-,63-,64?,65-,66-,67-/m0/s1. The zero-order chi connectivity index (χ0) is 73.6. The number of para-hydroxylation sites is 3. The molecule has 0 aliphatic heterocycles. The number of unbranched alkanes of at least 4 members (excludes halogenated alkanes) is 5. The number of H-pyrrole nitrogens is 3. The van der Waals surface area contributed by atoms with E-state index < -0.39 is 108 Å². The van der Waals surface area contributed by atoms with Crippen LogP contribution in [0.3, 0.4) is 0 Å². The van der Waals surface area contributed by atoms with Crippen molar-refractivity contribution in [2.45, 2.75) is 176 Å². The Kier molecular flexibility index (Phi) is 31.0. The summed E-state index contributed by atoms with van der Waals surface area (Å²) in [5.74, 6) is -6.50. The van der Waals surface area contributed by atoms with Crippen molar-refractivity contribution in [2.75, 3.05) is 32.7 Å². The van der Waals surface area contributed by atoms with Crippen molar-refractivity contribution in [3.63, 3.8) is 0 Å². The fraction of sp³-hybridized carbons (Fsp3) is 0.434. The molecule has 9 atom stereocenters. The molecule has 0 saturated heterocycles. The Bertz CT molecular complexity index is 4110. The SMILES string of the molecule is NCCCC[C@H](NC(=O)[C@H](Cc1c[nH]c2ccccc12)NC(=O)[C@H](Cc1c[nH]c2ccccc12)NC(=O)[C@H](CCCCN)NC(=O)[C@H](CCCCN)NC(=O)C(Cc1ccc2ccccc2c1)NC(=O)[C@H](Cc1c[nH]c2ccccc12)NC(=O)[C@H](CCCCN)NC(=O)[C@@H](N)CCCCN)C(N)=O. The van der Waals surface area contributed by atoms with Crippen LogP contribution in [0.15, 0.2) is 134 Å². The van der Waals surface area contributed by atoms with Gasteiger partial charge in [0.15, 0.2) is 0 Å². The number of aromatic amines is 3. The van der Waals surface area contributed by atoms with Crippen molar-refractivity contribution < 1.29 is 43.2 Å². The van der Waals surface area contributed by atoms with E-state index >= 15 is 24.0 Å². The van der Waals surface area contributed by atoms with E-state index in [1.807, 2.05) is 115 Å². The van der Waals surface area contributed by atoms with Crippen LogP contribution in [0.4, 0.5) is 0 Å². The lowest BCUT2D eigenvalue weighted by Gasteiger charge is -2.28. The minimum absolute atomic E-state index is 0.0326. The first-order chi connectivity index (χ1) is 49.9. The molecule has 5 aromatic carbocycles. The maximum atomic E-state index is 15.4. The molecule has 1 unspecified atom stereocenters. The Morgan fingerprint density at radius 2 is 0.602 bits per heavy atom. The molecule has 25 N–H and O–H groups in total. The summed E-state index contributed by atoms with van der Waals surface area (Å²) in [7, 11) is 0. The van der Waals surface area contributed by atoms with E-state index in [-0.39, 0.29) is 64.5 Å². The molecule has 0 fully saturated rings. The highest BCUT2D eigenvalue weighted by molar-refractivity contribution is 6.00. The minimum atomic E-state index is -1.40.